The van der Waals surface area contributed by atoms with Crippen LogP contribution in [0, 0.1) is 17.0 Å². The summed E-state index contributed by atoms with van der Waals surface area (Å²) < 4.78 is 0. The van der Waals surface area contributed by atoms with Crippen molar-refractivity contribution in [2.24, 2.45) is 5.73 Å². The highest BCUT2D eigenvalue weighted by Crippen LogP contribution is 2.28. The Bertz CT molecular complexity index is 561. The zero-order chi connectivity index (χ0) is 15.6. The van der Waals surface area contributed by atoms with Crippen molar-refractivity contribution in [3.05, 3.63) is 39.4 Å². The number of nitrogens with two attached hydrogens (primary N) is 1. The lowest BCUT2D eigenvalue weighted by molar-refractivity contribution is -0.385. The molecule has 0 bridgehead atoms. The summed E-state index contributed by atoms with van der Waals surface area (Å²) in [6.45, 7) is 5.60. The Morgan fingerprint density at radius 2 is 2.29 bits per heavy atom. The van der Waals surface area contributed by atoms with Crippen LogP contribution < -0.4 is 11.1 Å². The van der Waals surface area contributed by atoms with Crippen molar-refractivity contribution in [2.45, 2.75) is 25.9 Å². The van der Waals surface area contributed by atoms with Crippen LogP contribution in [0.4, 0.5) is 5.69 Å². The van der Waals surface area contributed by atoms with Gasteiger partial charge in [-0.3, -0.25) is 19.8 Å². The molecule has 2 atom stereocenters. The van der Waals surface area contributed by atoms with E-state index in [1.807, 2.05) is 17.9 Å². The average Bonchev–Trinajstić information content (AvgIpc) is 2.46. The number of hydrogen-bond donors (Lipinski definition) is 2. The van der Waals surface area contributed by atoms with Crippen LogP contribution in [0.3, 0.4) is 0 Å². The van der Waals surface area contributed by atoms with E-state index >= 15 is 0 Å². The molecule has 1 aromatic carbocycles. The molecule has 0 radical (unpaired) electrons. The van der Waals surface area contributed by atoms with Crippen LogP contribution in [-0.4, -0.2) is 41.4 Å². The van der Waals surface area contributed by atoms with Crippen LogP contribution in [0.15, 0.2) is 18.2 Å². The van der Waals surface area contributed by atoms with Gasteiger partial charge in [0.2, 0.25) is 5.91 Å². The van der Waals surface area contributed by atoms with Crippen molar-refractivity contribution in [1.29, 1.82) is 0 Å². The number of carbonyl (C=O) groups is 1. The van der Waals surface area contributed by atoms with Crippen molar-refractivity contribution in [1.82, 2.24) is 10.2 Å². The van der Waals surface area contributed by atoms with E-state index in [-0.39, 0.29) is 22.6 Å². The second-order valence-corrected chi connectivity index (χ2v) is 5.34. The first-order valence-electron chi connectivity index (χ1n) is 6.92. The summed E-state index contributed by atoms with van der Waals surface area (Å²) in [6.07, 6.45) is 0. The van der Waals surface area contributed by atoms with E-state index in [0.29, 0.717) is 18.7 Å². The molecule has 1 aliphatic rings. The third-order valence-electron chi connectivity index (χ3n) is 4.02. The molecule has 1 saturated heterocycles. The minimum atomic E-state index is -0.394. The molecule has 1 aliphatic heterocycles. The molecule has 0 saturated carbocycles. The van der Waals surface area contributed by atoms with Crippen LogP contribution >= 0.6 is 0 Å². The fourth-order valence-electron chi connectivity index (χ4n) is 2.72. The normalized spacial score (nSPS) is 21.0. The fraction of sp³-hybridized carbons (Fsp3) is 0.500. The lowest BCUT2D eigenvalue weighted by Crippen LogP contribution is -2.57. The van der Waals surface area contributed by atoms with Gasteiger partial charge in [-0.15, -0.1) is 0 Å². The van der Waals surface area contributed by atoms with Crippen LogP contribution in [0.1, 0.15) is 24.1 Å². The maximum atomic E-state index is 11.6. The molecular formula is C14H20N4O3. The standard InChI is InChI=1S/C14H20N4O3/c1-9-3-4-11(7-12(9)18(20)21)10(2)17-6-5-16-8-13(17)14(15)19/h3-4,7,10,13,16H,5-6,8H2,1-2H3,(H2,15,19). The van der Waals surface area contributed by atoms with Gasteiger partial charge in [-0.1, -0.05) is 12.1 Å². The maximum absolute atomic E-state index is 11.6. The Morgan fingerprint density at radius 1 is 1.57 bits per heavy atom. The molecule has 0 aromatic heterocycles. The molecule has 3 N–H and O–H groups in total. The highest BCUT2D eigenvalue weighted by atomic mass is 16.6. The summed E-state index contributed by atoms with van der Waals surface area (Å²) in [4.78, 5) is 24.2. The third-order valence-corrected chi connectivity index (χ3v) is 4.02. The first-order chi connectivity index (χ1) is 9.91. The Kier molecular flexibility index (Phi) is 4.54. The zero-order valence-electron chi connectivity index (χ0n) is 12.2. The van der Waals surface area contributed by atoms with Crippen molar-refractivity contribution in [3.8, 4) is 0 Å². The predicted molar refractivity (Wildman–Crippen MR) is 78.8 cm³/mol. The van der Waals surface area contributed by atoms with Gasteiger partial charge in [0, 0.05) is 37.3 Å². The lowest BCUT2D eigenvalue weighted by Gasteiger charge is -2.38. The quantitative estimate of drug-likeness (QED) is 0.629. The highest BCUT2D eigenvalue weighted by Gasteiger charge is 2.31. The third kappa shape index (κ3) is 3.20. The molecule has 0 spiro atoms. The minimum Gasteiger partial charge on any atom is -0.368 e. The maximum Gasteiger partial charge on any atom is 0.272 e. The van der Waals surface area contributed by atoms with Gasteiger partial charge < -0.3 is 11.1 Å². The van der Waals surface area contributed by atoms with E-state index in [4.69, 9.17) is 5.73 Å². The number of nitrogens with zero attached hydrogens (tertiary/aromatic N) is 2. The second-order valence-electron chi connectivity index (χ2n) is 5.34. The Morgan fingerprint density at radius 3 is 2.90 bits per heavy atom. The van der Waals surface area contributed by atoms with E-state index < -0.39 is 6.04 Å². The van der Waals surface area contributed by atoms with E-state index in [2.05, 4.69) is 5.32 Å². The smallest absolute Gasteiger partial charge is 0.272 e. The summed E-state index contributed by atoms with van der Waals surface area (Å²) in [5.41, 5.74) is 7.00. The number of primary amides is 1. The Hall–Kier alpha value is -1.99. The van der Waals surface area contributed by atoms with Gasteiger partial charge >= 0.3 is 0 Å². The van der Waals surface area contributed by atoms with Gasteiger partial charge in [0.15, 0.2) is 0 Å². The number of carbonyl (C=O) groups excluding carboxylic acids is 1. The number of rotatable bonds is 4. The number of benzene rings is 1. The average molecular weight is 292 g/mol. The molecule has 1 amide bonds. The fourth-order valence-corrected chi connectivity index (χ4v) is 2.72. The molecular weight excluding hydrogens is 272 g/mol. The monoisotopic (exact) mass is 292 g/mol. The number of nitro groups is 1. The SMILES string of the molecule is Cc1ccc(C(C)N2CCNCC2C(N)=O)cc1[N+](=O)[O-]. The van der Waals surface area contributed by atoms with Crippen molar-refractivity contribution >= 4 is 11.6 Å². The molecule has 1 heterocycles. The summed E-state index contributed by atoms with van der Waals surface area (Å²) in [5, 5.41) is 14.2. The number of nitro benzene ring substituents is 1. The Balaban J connectivity index is 2.30. The predicted octanol–water partition coefficient (Wildman–Crippen LogP) is 0.723. The first kappa shape index (κ1) is 15.4. The second kappa shape index (κ2) is 6.19. The lowest BCUT2D eigenvalue weighted by atomic mass is 10.0. The van der Waals surface area contributed by atoms with Crippen molar-refractivity contribution in [3.63, 3.8) is 0 Å². The van der Waals surface area contributed by atoms with Crippen molar-refractivity contribution in [2.75, 3.05) is 19.6 Å². The molecule has 1 aromatic rings. The molecule has 2 rings (SSSR count). The number of hydrogen-bond acceptors (Lipinski definition) is 5. The van der Waals surface area contributed by atoms with E-state index in [1.165, 1.54) is 0 Å². The van der Waals surface area contributed by atoms with E-state index in [9.17, 15) is 14.9 Å². The highest BCUT2D eigenvalue weighted by molar-refractivity contribution is 5.80. The topological polar surface area (TPSA) is 102 Å². The summed E-state index contributed by atoms with van der Waals surface area (Å²) in [7, 11) is 0. The van der Waals surface area contributed by atoms with Gasteiger partial charge in [0.1, 0.15) is 6.04 Å². The van der Waals surface area contributed by atoms with Crippen LogP contribution in [0.2, 0.25) is 0 Å². The Labute approximate surface area is 123 Å². The molecule has 7 nitrogen and oxygen atoms in total. The largest absolute Gasteiger partial charge is 0.368 e. The van der Waals surface area contributed by atoms with Gasteiger partial charge in [0.05, 0.1) is 4.92 Å². The number of piperazine rings is 1. The number of amides is 1. The zero-order valence-corrected chi connectivity index (χ0v) is 12.2. The van der Waals surface area contributed by atoms with Gasteiger partial charge in [0.25, 0.3) is 5.69 Å². The molecule has 114 valence electrons. The molecule has 1 fully saturated rings. The van der Waals surface area contributed by atoms with Crippen LogP contribution in [0.25, 0.3) is 0 Å². The summed E-state index contributed by atoms with van der Waals surface area (Å²) >= 11 is 0. The molecule has 7 heteroatoms. The van der Waals surface area contributed by atoms with Gasteiger partial charge in [-0.05, 0) is 19.4 Å². The first-order valence-corrected chi connectivity index (χ1v) is 6.92. The minimum absolute atomic E-state index is 0.102. The number of aryl methyl sites for hydroxylation is 1. The van der Waals surface area contributed by atoms with Crippen molar-refractivity contribution < 1.29 is 9.72 Å². The van der Waals surface area contributed by atoms with Gasteiger partial charge in [-0.2, -0.15) is 0 Å². The van der Waals surface area contributed by atoms with E-state index in [0.717, 1.165) is 12.1 Å². The van der Waals surface area contributed by atoms with Crippen LogP contribution in [-0.2, 0) is 4.79 Å². The summed E-state index contributed by atoms with van der Waals surface area (Å²) in [6, 6.07) is 4.69. The number of nitrogens with one attached hydrogen (secondary N) is 1. The summed E-state index contributed by atoms with van der Waals surface area (Å²) in [5.74, 6) is -0.379. The van der Waals surface area contributed by atoms with E-state index in [1.54, 1.807) is 19.1 Å². The molecule has 21 heavy (non-hydrogen) atoms. The van der Waals surface area contributed by atoms with Crippen LogP contribution in [0.5, 0.6) is 0 Å². The molecule has 0 aliphatic carbocycles. The molecule has 2 unspecified atom stereocenters. The van der Waals surface area contributed by atoms with Gasteiger partial charge in [-0.25, -0.2) is 0 Å².